The van der Waals surface area contributed by atoms with Crippen LogP contribution in [0.3, 0.4) is 0 Å². The van der Waals surface area contributed by atoms with Gasteiger partial charge >= 0.3 is 0 Å². The quantitative estimate of drug-likeness (QED) is 0.542. The van der Waals surface area contributed by atoms with Crippen LogP contribution in [-0.2, 0) is 0 Å². The van der Waals surface area contributed by atoms with E-state index < -0.39 is 0 Å². The lowest BCUT2D eigenvalue weighted by Gasteiger charge is -2.02. The van der Waals surface area contributed by atoms with Gasteiger partial charge in [-0.05, 0) is 36.4 Å². The van der Waals surface area contributed by atoms with E-state index in [4.69, 9.17) is 27.6 Å². The lowest BCUT2D eigenvalue weighted by Crippen LogP contribution is -2.12. The lowest BCUT2D eigenvalue weighted by atomic mass is 10.2. The van der Waals surface area contributed by atoms with Gasteiger partial charge in [0, 0.05) is 16.6 Å². The fraction of sp³-hybridized carbons (Fsp3) is 0. The summed E-state index contributed by atoms with van der Waals surface area (Å²) in [6.45, 7) is 0. The summed E-state index contributed by atoms with van der Waals surface area (Å²) in [7, 11) is 0. The molecule has 4 rings (SSSR count). The second-order valence-corrected chi connectivity index (χ2v) is 6.11. The maximum absolute atomic E-state index is 12.3. The van der Waals surface area contributed by atoms with Crippen LogP contribution in [-0.4, -0.2) is 21.1 Å². The van der Waals surface area contributed by atoms with Crippen LogP contribution >= 0.6 is 23.2 Å². The van der Waals surface area contributed by atoms with Gasteiger partial charge in [-0.2, -0.15) is 5.10 Å². The molecule has 0 fully saturated rings. The molecule has 0 aliphatic rings. The number of halogens is 2. The second kappa shape index (κ2) is 6.23. The number of aromatic amines is 1. The van der Waals surface area contributed by atoms with Crippen LogP contribution < -0.4 is 5.32 Å². The molecule has 8 heteroatoms. The predicted octanol–water partition coefficient (Wildman–Crippen LogP) is 4.78. The first-order valence-corrected chi connectivity index (χ1v) is 8.01. The van der Waals surface area contributed by atoms with Crippen LogP contribution in [0.25, 0.3) is 22.4 Å². The molecule has 25 heavy (non-hydrogen) atoms. The van der Waals surface area contributed by atoms with Crippen molar-refractivity contribution in [1.82, 2.24) is 15.2 Å². The number of oxazole rings is 1. The minimum atomic E-state index is -0.381. The Morgan fingerprint density at radius 1 is 1.12 bits per heavy atom. The first kappa shape index (κ1) is 15.7. The number of H-pyrrole nitrogens is 1. The molecule has 124 valence electrons. The van der Waals surface area contributed by atoms with Crippen LogP contribution in [0.15, 0.2) is 53.3 Å². The van der Waals surface area contributed by atoms with Gasteiger partial charge in [-0.3, -0.25) is 9.89 Å². The number of nitrogens with one attached hydrogen (secondary N) is 2. The molecule has 6 nitrogen and oxygen atoms in total. The number of hydrogen-bond acceptors (Lipinski definition) is 4. The Morgan fingerprint density at radius 2 is 2.00 bits per heavy atom. The molecule has 0 atom stereocenters. The number of benzene rings is 2. The number of amides is 1. The third-order valence-electron chi connectivity index (χ3n) is 3.60. The van der Waals surface area contributed by atoms with Gasteiger partial charge in [-0.15, -0.1) is 0 Å². The summed E-state index contributed by atoms with van der Waals surface area (Å²) in [5, 5.41) is 11.3. The molecule has 0 aliphatic heterocycles. The number of carbonyl (C=O) groups is 1. The van der Waals surface area contributed by atoms with Crippen molar-refractivity contribution in [3.63, 3.8) is 0 Å². The zero-order valence-electron chi connectivity index (χ0n) is 12.6. The van der Waals surface area contributed by atoms with E-state index in [0.717, 1.165) is 10.9 Å². The lowest BCUT2D eigenvalue weighted by molar-refractivity contribution is 0.102. The summed E-state index contributed by atoms with van der Waals surface area (Å²) < 4.78 is 5.37. The highest BCUT2D eigenvalue weighted by molar-refractivity contribution is 6.42. The van der Waals surface area contributed by atoms with Crippen LogP contribution in [0.1, 0.15) is 10.5 Å². The highest BCUT2D eigenvalue weighted by atomic mass is 35.5. The largest absolute Gasteiger partial charge is 0.444 e. The van der Waals surface area contributed by atoms with Gasteiger partial charge in [-0.1, -0.05) is 23.2 Å². The van der Waals surface area contributed by atoms with E-state index in [0.29, 0.717) is 21.3 Å². The molecule has 0 saturated carbocycles. The van der Waals surface area contributed by atoms with Crippen LogP contribution in [0.5, 0.6) is 0 Å². The Balaban J connectivity index is 1.56. The Labute approximate surface area is 151 Å². The molecule has 2 aromatic carbocycles. The summed E-state index contributed by atoms with van der Waals surface area (Å²) in [5.74, 6) is -0.0957. The molecule has 0 unspecified atom stereocenters. The highest BCUT2D eigenvalue weighted by Gasteiger charge is 2.15. The molecule has 0 spiro atoms. The zero-order valence-corrected chi connectivity index (χ0v) is 14.1. The van der Waals surface area contributed by atoms with Crippen molar-refractivity contribution in [2.75, 3.05) is 5.32 Å². The van der Waals surface area contributed by atoms with Gasteiger partial charge < -0.3 is 9.73 Å². The van der Waals surface area contributed by atoms with E-state index in [1.165, 1.54) is 6.26 Å². The SMILES string of the molecule is O=C(Nc1ccc2cn[nH]c2c1)c1coc(-c2ccc(Cl)c(Cl)c2)n1. The van der Waals surface area contributed by atoms with Crippen molar-refractivity contribution in [2.24, 2.45) is 0 Å². The van der Waals surface area contributed by atoms with Gasteiger partial charge in [0.05, 0.1) is 21.8 Å². The van der Waals surface area contributed by atoms with E-state index in [-0.39, 0.29) is 17.5 Å². The van der Waals surface area contributed by atoms with Gasteiger partial charge in [-0.25, -0.2) is 4.98 Å². The van der Waals surface area contributed by atoms with Crippen molar-refractivity contribution >= 4 is 45.7 Å². The number of carbonyl (C=O) groups excluding carboxylic acids is 1. The maximum atomic E-state index is 12.3. The van der Waals surface area contributed by atoms with Gasteiger partial charge in [0.2, 0.25) is 5.89 Å². The standard InChI is InChI=1S/C17H10Cl2N4O2/c18-12-4-2-9(5-13(12)19)17-22-15(8-25-17)16(24)21-11-3-1-10-7-20-23-14(10)6-11/h1-8H,(H,20,23)(H,21,24). The fourth-order valence-corrected chi connectivity index (χ4v) is 2.65. The Kier molecular flexibility index (Phi) is 3.91. The van der Waals surface area contributed by atoms with Crippen molar-refractivity contribution < 1.29 is 9.21 Å². The Morgan fingerprint density at radius 3 is 2.84 bits per heavy atom. The molecule has 0 radical (unpaired) electrons. The zero-order chi connectivity index (χ0) is 17.4. The molecule has 2 aromatic heterocycles. The topological polar surface area (TPSA) is 83.8 Å². The number of aromatic nitrogens is 3. The average Bonchev–Trinajstić information content (AvgIpc) is 3.26. The third-order valence-corrected chi connectivity index (χ3v) is 4.34. The van der Waals surface area contributed by atoms with Gasteiger partial charge in [0.1, 0.15) is 6.26 Å². The molecular weight excluding hydrogens is 363 g/mol. The minimum Gasteiger partial charge on any atom is -0.444 e. The van der Waals surface area contributed by atoms with E-state index in [2.05, 4.69) is 20.5 Å². The normalized spacial score (nSPS) is 11.0. The summed E-state index contributed by atoms with van der Waals surface area (Å²) >= 11 is 11.9. The third kappa shape index (κ3) is 3.09. The highest BCUT2D eigenvalue weighted by Crippen LogP contribution is 2.28. The molecule has 4 aromatic rings. The Bertz CT molecular complexity index is 1090. The molecule has 2 N–H and O–H groups in total. The summed E-state index contributed by atoms with van der Waals surface area (Å²) in [6, 6.07) is 10.4. The average molecular weight is 373 g/mol. The van der Waals surface area contributed by atoms with Gasteiger partial charge in [0.15, 0.2) is 5.69 Å². The van der Waals surface area contributed by atoms with Crippen LogP contribution in [0, 0.1) is 0 Å². The first-order valence-electron chi connectivity index (χ1n) is 7.25. The molecule has 1 amide bonds. The van der Waals surface area contributed by atoms with E-state index >= 15 is 0 Å². The van der Waals surface area contributed by atoms with E-state index in [1.54, 1.807) is 36.5 Å². The first-order chi connectivity index (χ1) is 12.1. The van der Waals surface area contributed by atoms with Crippen molar-refractivity contribution in [3.05, 3.63) is 64.6 Å². The molecule has 0 bridgehead atoms. The van der Waals surface area contributed by atoms with E-state index in [1.807, 2.05) is 6.07 Å². The smallest absolute Gasteiger partial charge is 0.277 e. The molecule has 2 heterocycles. The molecular formula is C17H10Cl2N4O2. The summed E-state index contributed by atoms with van der Waals surface area (Å²) in [5.41, 5.74) is 2.24. The number of rotatable bonds is 3. The Hall–Kier alpha value is -2.83. The van der Waals surface area contributed by atoms with Crippen molar-refractivity contribution in [2.45, 2.75) is 0 Å². The van der Waals surface area contributed by atoms with Gasteiger partial charge in [0.25, 0.3) is 5.91 Å². The van der Waals surface area contributed by atoms with E-state index in [9.17, 15) is 4.79 Å². The number of fused-ring (bicyclic) bond motifs is 1. The molecule has 0 saturated heterocycles. The number of nitrogens with zero attached hydrogens (tertiary/aromatic N) is 2. The number of hydrogen-bond donors (Lipinski definition) is 2. The van der Waals surface area contributed by atoms with Crippen LogP contribution in [0.4, 0.5) is 5.69 Å². The predicted molar refractivity (Wildman–Crippen MR) is 96.0 cm³/mol. The monoisotopic (exact) mass is 372 g/mol. The molecule has 0 aliphatic carbocycles. The van der Waals surface area contributed by atoms with Crippen molar-refractivity contribution in [3.8, 4) is 11.5 Å². The minimum absolute atomic E-state index is 0.158. The summed E-state index contributed by atoms with van der Waals surface area (Å²) in [6.07, 6.45) is 3.00. The second-order valence-electron chi connectivity index (χ2n) is 5.29. The van der Waals surface area contributed by atoms with Crippen molar-refractivity contribution in [1.29, 1.82) is 0 Å². The van der Waals surface area contributed by atoms with Crippen LogP contribution in [0.2, 0.25) is 10.0 Å². The number of anilines is 1. The summed E-state index contributed by atoms with van der Waals surface area (Å²) in [4.78, 5) is 16.5. The maximum Gasteiger partial charge on any atom is 0.277 e. The fourth-order valence-electron chi connectivity index (χ4n) is 2.35.